The first kappa shape index (κ1) is 17.7. The summed E-state index contributed by atoms with van der Waals surface area (Å²) in [5.41, 5.74) is 6.33. The molecule has 0 spiro atoms. The number of aromatic nitrogens is 4. The molecule has 2 aromatic heterocycles. The highest BCUT2D eigenvalue weighted by atomic mass is 35.5. The van der Waals surface area contributed by atoms with Crippen LogP contribution < -0.4 is 5.73 Å². The lowest BCUT2D eigenvalue weighted by molar-refractivity contribution is 0.110. The van der Waals surface area contributed by atoms with Crippen LogP contribution >= 0.6 is 11.6 Å². The van der Waals surface area contributed by atoms with E-state index in [1.807, 2.05) is 0 Å². The number of aliphatic hydroxyl groups is 1. The zero-order chi connectivity index (χ0) is 19.2. The van der Waals surface area contributed by atoms with E-state index in [2.05, 4.69) is 26.8 Å². The molecule has 4 rings (SSSR count). The molecule has 1 aliphatic rings. The van der Waals surface area contributed by atoms with E-state index in [1.165, 1.54) is 6.07 Å². The predicted molar refractivity (Wildman–Crippen MR) is 101 cm³/mol. The van der Waals surface area contributed by atoms with Crippen LogP contribution in [0.4, 0.5) is 10.2 Å². The highest BCUT2D eigenvalue weighted by molar-refractivity contribution is 6.33. The van der Waals surface area contributed by atoms with E-state index >= 15 is 0 Å². The number of benzene rings is 1. The summed E-state index contributed by atoms with van der Waals surface area (Å²) in [5.74, 6) is 5.96. The Morgan fingerprint density at radius 3 is 2.74 bits per heavy atom. The monoisotopic (exact) mass is 385 g/mol. The molecule has 1 aromatic carbocycles. The van der Waals surface area contributed by atoms with E-state index < -0.39 is 11.4 Å². The van der Waals surface area contributed by atoms with Crippen molar-refractivity contribution in [3.05, 3.63) is 34.9 Å². The van der Waals surface area contributed by atoms with Crippen molar-refractivity contribution in [1.29, 1.82) is 0 Å². The van der Waals surface area contributed by atoms with E-state index in [-0.39, 0.29) is 16.7 Å². The van der Waals surface area contributed by atoms with Gasteiger partial charge in [-0.3, -0.25) is 0 Å². The summed E-state index contributed by atoms with van der Waals surface area (Å²) < 4.78 is 15.5. The molecule has 27 heavy (non-hydrogen) atoms. The van der Waals surface area contributed by atoms with Gasteiger partial charge < -0.3 is 15.4 Å². The minimum Gasteiger partial charge on any atom is -0.382 e. The maximum Gasteiger partial charge on any atom is 0.209 e. The van der Waals surface area contributed by atoms with Gasteiger partial charge in [-0.25, -0.2) is 19.3 Å². The molecule has 0 radical (unpaired) electrons. The van der Waals surface area contributed by atoms with Gasteiger partial charge in [0.25, 0.3) is 0 Å². The molecule has 6 nitrogen and oxygen atoms in total. The van der Waals surface area contributed by atoms with Crippen LogP contribution in [0.5, 0.6) is 0 Å². The third-order valence-electron chi connectivity index (χ3n) is 4.78. The number of aryl methyl sites for hydroxylation is 1. The molecule has 0 aliphatic heterocycles. The van der Waals surface area contributed by atoms with Crippen LogP contribution in [0.3, 0.4) is 0 Å². The summed E-state index contributed by atoms with van der Waals surface area (Å²) in [5, 5.41) is 10.3. The van der Waals surface area contributed by atoms with Crippen LogP contribution in [-0.4, -0.2) is 30.2 Å². The Hall–Kier alpha value is -2.69. The number of hydrogen-bond acceptors (Lipinski definition) is 5. The van der Waals surface area contributed by atoms with Crippen molar-refractivity contribution < 1.29 is 9.50 Å². The van der Waals surface area contributed by atoms with Gasteiger partial charge in [-0.15, -0.1) is 0 Å². The predicted octanol–water partition coefficient (Wildman–Crippen LogP) is 3.06. The second kappa shape index (κ2) is 6.48. The smallest absolute Gasteiger partial charge is 0.209 e. The minimum absolute atomic E-state index is 0.0223. The van der Waals surface area contributed by atoms with E-state index in [0.717, 1.165) is 12.8 Å². The van der Waals surface area contributed by atoms with Crippen LogP contribution in [-0.2, 0) is 7.05 Å². The third kappa shape index (κ3) is 3.11. The number of nitrogens with two attached hydrogens (primary N) is 1. The summed E-state index contributed by atoms with van der Waals surface area (Å²) in [6, 6.07) is 4.51. The molecule has 3 N–H and O–H groups in total. The number of imidazole rings is 1. The minimum atomic E-state index is -0.986. The van der Waals surface area contributed by atoms with Crippen molar-refractivity contribution in [2.75, 3.05) is 5.73 Å². The molecule has 8 heteroatoms. The van der Waals surface area contributed by atoms with Crippen molar-refractivity contribution in [1.82, 2.24) is 19.5 Å². The number of hydrogen-bond donors (Lipinski definition) is 2. The topological polar surface area (TPSA) is 89.9 Å². The van der Waals surface area contributed by atoms with E-state index in [0.29, 0.717) is 35.4 Å². The number of anilines is 1. The van der Waals surface area contributed by atoms with E-state index in [9.17, 15) is 9.50 Å². The summed E-state index contributed by atoms with van der Waals surface area (Å²) in [4.78, 5) is 13.0. The van der Waals surface area contributed by atoms with Crippen molar-refractivity contribution in [2.45, 2.75) is 31.3 Å². The molecular weight excluding hydrogens is 369 g/mol. The largest absolute Gasteiger partial charge is 0.382 e. The van der Waals surface area contributed by atoms with Crippen LogP contribution in [0.15, 0.2) is 18.2 Å². The normalized spacial score (nSPS) is 15.7. The number of nitrogen functional groups attached to an aromatic ring is 1. The van der Waals surface area contributed by atoms with Gasteiger partial charge in [0.05, 0.1) is 5.02 Å². The van der Waals surface area contributed by atoms with Gasteiger partial charge in [-0.2, -0.15) is 0 Å². The van der Waals surface area contributed by atoms with Gasteiger partial charge in [0, 0.05) is 12.6 Å². The fourth-order valence-electron chi connectivity index (χ4n) is 3.31. The SMILES string of the molecule is Cn1c(-c2cccc(F)c2Cl)nc2c(N)nc(C#CC3(O)CCCC3)nc21. The lowest BCUT2D eigenvalue weighted by Crippen LogP contribution is -2.20. The molecule has 1 aliphatic carbocycles. The van der Waals surface area contributed by atoms with Crippen LogP contribution in [0, 0.1) is 17.7 Å². The summed E-state index contributed by atoms with van der Waals surface area (Å²) in [7, 11) is 1.74. The van der Waals surface area contributed by atoms with E-state index in [4.69, 9.17) is 17.3 Å². The first-order chi connectivity index (χ1) is 12.9. The Balaban J connectivity index is 1.83. The van der Waals surface area contributed by atoms with E-state index in [1.54, 1.807) is 23.7 Å². The van der Waals surface area contributed by atoms with Crippen molar-refractivity contribution in [3.63, 3.8) is 0 Å². The lowest BCUT2D eigenvalue weighted by Gasteiger charge is -2.12. The maximum atomic E-state index is 13.8. The highest BCUT2D eigenvalue weighted by Crippen LogP contribution is 2.32. The van der Waals surface area contributed by atoms with Crippen LogP contribution in [0.25, 0.3) is 22.6 Å². The van der Waals surface area contributed by atoms with Crippen molar-refractivity contribution >= 4 is 28.6 Å². The molecule has 0 unspecified atom stereocenters. The Morgan fingerprint density at radius 1 is 1.26 bits per heavy atom. The van der Waals surface area contributed by atoms with Gasteiger partial charge in [0.15, 0.2) is 17.0 Å². The number of fused-ring (bicyclic) bond motifs is 1. The molecule has 0 saturated heterocycles. The van der Waals surface area contributed by atoms with Crippen LogP contribution in [0.2, 0.25) is 5.02 Å². The molecule has 0 bridgehead atoms. The molecule has 1 fully saturated rings. The molecule has 0 amide bonds. The average Bonchev–Trinajstić information content (AvgIpc) is 3.21. The number of halogens is 2. The highest BCUT2D eigenvalue weighted by Gasteiger charge is 2.28. The second-order valence-electron chi connectivity index (χ2n) is 6.69. The molecule has 0 atom stereocenters. The Labute approximate surface area is 160 Å². The van der Waals surface area contributed by atoms with Gasteiger partial charge in [-0.05, 0) is 43.7 Å². The van der Waals surface area contributed by atoms with Gasteiger partial charge in [0.1, 0.15) is 17.2 Å². The zero-order valence-electron chi connectivity index (χ0n) is 14.6. The summed E-state index contributed by atoms with van der Waals surface area (Å²) in [6.07, 6.45) is 3.19. The fraction of sp³-hybridized carbons (Fsp3) is 0.316. The van der Waals surface area contributed by atoms with Crippen LogP contribution in [0.1, 0.15) is 31.5 Å². The quantitative estimate of drug-likeness (QED) is 0.628. The number of nitrogens with zero attached hydrogens (tertiary/aromatic N) is 4. The Kier molecular flexibility index (Phi) is 4.25. The standard InChI is InChI=1S/C19H17ClFN5O/c1-26-17(11-5-4-6-12(21)14(11)20)25-15-16(22)23-13(24-18(15)26)7-10-19(27)8-2-3-9-19/h4-6,27H,2-3,8-9H2,1H3,(H2,22,23,24). The molecule has 1 saturated carbocycles. The molecule has 2 heterocycles. The van der Waals surface area contributed by atoms with Gasteiger partial charge >= 0.3 is 0 Å². The molecule has 138 valence electrons. The van der Waals surface area contributed by atoms with Gasteiger partial charge in [-0.1, -0.05) is 23.6 Å². The zero-order valence-corrected chi connectivity index (χ0v) is 15.4. The Bertz CT molecular complexity index is 1110. The van der Waals surface area contributed by atoms with Crippen molar-refractivity contribution in [2.24, 2.45) is 7.05 Å². The molecule has 3 aromatic rings. The van der Waals surface area contributed by atoms with Crippen molar-refractivity contribution in [3.8, 4) is 23.2 Å². The average molecular weight is 386 g/mol. The Morgan fingerprint density at radius 2 is 2.00 bits per heavy atom. The summed E-state index contributed by atoms with van der Waals surface area (Å²) >= 11 is 6.09. The lowest BCUT2D eigenvalue weighted by atomic mass is 10.0. The molecular formula is C19H17ClFN5O. The number of rotatable bonds is 1. The first-order valence-corrected chi connectivity index (χ1v) is 8.96. The fourth-order valence-corrected chi connectivity index (χ4v) is 3.52. The second-order valence-corrected chi connectivity index (χ2v) is 7.07. The third-order valence-corrected chi connectivity index (χ3v) is 5.16. The maximum absolute atomic E-state index is 13.8. The van der Waals surface area contributed by atoms with Gasteiger partial charge in [0.2, 0.25) is 5.82 Å². The summed E-state index contributed by atoms with van der Waals surface area (Å²) in [6.45, 7) is 0. The first-order valence-electron chi connectivity index (χ1n) is 8.58.